The molecule has 1 aliphatic rings. The van der Waals surface area contributed by atoms with Gasteiger partial charge in [-0.1, -0.05) is 78.9 Å². The smallest absolute Gasteiger partial charge is 0.344 e. The van der Waals surface area contributed by atoms with Crippen LogP contribution in [0.2, 0.25) is 0 Å². The number of likely N-dealkylation sites (N-methyl/N-ethyl adjacent to an activating group) is 1. The quantitative estimate of drug-likeness (QED) is 0.608. The summed E-state index contributed by atoms with van der Waals surface area (Å²) in [5.41, 5.74) is 3.11. The van der Waals surface area contributed by atoms with E-state index in [0.29, 0.717) is 11.1 Å². The Morgan fingerprint density at radius 2 is 1.35 bits per heavy atom. The summed E-state index contributed by atoms with van der Waals surface area (Å²) >= 11 is 0. The van der Waals surface area contributed by atoms with Gasteiger partial charge in [-0.15, -0.1) is 0 Å². The monoisotopic (exact) mass is 414 g/mol. The van der Waals surface area contributed by atoms with Crippen LogP contribution in [0.3, 0.4) is 0 Å². The van der Waals surface area contributed by atoms with E-state index in [-0.39, 0.29) is 6.54 Å². The number of imide groups is 1. The molecule has 2 N–H and O–H groups in total. The number of nitrogens with one attached hydrogen (secondary N) is 2. The topological polar surface area (TPSA) is 81.8 Å². The molecule has 3 aromatic carbocycles. The van der Waals surface area contributed by atoms with Crippen molar-refractivity contribution in [3.63, 3.8) is 0 Å². The highest BCUT2D eigenvalue weighted by Gasteiger charge is 2.54. The van der Waals surface area contributed by atoms with Crippen LogP contribution in [0.25, 0.3) is 0 Å². The molecule has 0 aliphatic carbocycles. The second-order valence-corrected chi connectivity index (χ2v) is 7.28. The maximum Gasteiger partial charge on any atom is 0.344 e. The van der Waals surface area contributed by atoms with Crippen molar-refractivity contribution in [1.29, 1.82) is 0 Å². The van der Waals surface area contributed by atoms with Gasteiger partial charge in [0.05, 0.1) is 6.54 Å². The summed E-state index contributed by atoms with van der Waals surface area (Å²) < 4.78 is 0. The molecule has 4 amide bonds. The summed E-state index contributed by atoms with van der Waals surface area (Å²) in [5, 5.41) is 3.56. The van der Waals surface area contributed by atoms with Crippen molar-refractivity contribution in [3.05, 3.63) is 102 Å². The number of para-hydroxylation sites is 1. The molecule has 1 heterocycles. The number of carbonyl (C=O) groups is 3. The number of anilines is 1. The van der Waals surface area contributed by atoms with Gasteiger partial charge in [0.2, 0.25) is 0 Å². The number of hydrazine groups is 1. The zero-order valence-electron chi connectivity index (χ0n) is 17.0. The average molecular weight is 414 g/mol. The molecule has 156 valence electrons. The van der Waals surface area contributed by atoms with Crippen LogP contribution in [0.1, 0.15) is 11.1 Å². The standard InChI is InChI=1S/C24H22N4O3/c1-27(20-15-9-4-10-16-20)17-21(29)26-28-22(30)24(25-23(28)31,18-11-5-2-6-12-18)19-13-7-3-8-14-19/h2-16H,17H2,1H3,(H,25,31)(H,26,29). The van der Waals surface area contributed by atoms with Crippen LogP contribution >= 0.6 is 0 Å². The number of hydrogen-bond acceptors (Lipinski definition) is 4. The van der Waals surface area contributed by atoms with Gasteiger partial charge < -0.3 is 10.2 Å². The number of urea groups is 1. The zero-order chi connectivity index (χ0) is 21.8. The lowest BCUT2D eigenvalue weighted by Crippen LogP contribution is -2.51. The van der Waals surface area contributed by atoms with Crippen molar-refractivity contribution in [2.45, 2.75) is 5.54 Å². The van der Waals surface area contributed by atoms with Crippen LogP contribution in [0.4, 0.5) is 10.5 Å². The lowest BCUT2D eigenvalue weighted by molar-refractivity contribution is -0.137. The summed E-state index contributed by atoms with van der Waals surface area (Å²) in [6.45, 7) is -0.0231. The number of amides is 4. The minimum Gasteiger partial charge on any atom is -0.365 e. The van der Waals surface area contributed by atoms with Crippen molar-refractivity contribution < 1.29 is 14.4 Å². The lowest BCUT2D eigenvalue weighted by Gasteiger charge is -2.28. The van der Waals surface area contributed by atoms with Crippen molar-refractivity contribution in [2.75, 3.05) is 18.5 Å². The van der Waals surface area contributed by atoms with Crippen molar-refractivity contribution in [3.8, 4) is 0 Å². The van der Waals surface area contributed by atoms with E-state index in [1.54, 1.807) is 60.5 Å². The maximum atomic E-state index is 13.5. The minimum atomic E-state index is -1.42. The Balaban J connectivity index is 1.60. The summed E-state index contributed by atoms with van der Waals surface area (Å²) in [6, 6.07) is 26.7. The molecular formula is C24H22N4O3. The Hall–Kier alpha value is -4.13. The predicted octanol–water partition coefficient (Wildman–Crippen LogP) is 2.65. The first kappa shape index (κ1) is 20.2. The van der Waals surface area contributed by atoms with Gasteiger partial charge in [-0.25, -0.2) is 4.79 Å². The van der Waals surface area contributed by atoms with E-state index in [0.717, 1.165) is 10.7 Å². The third-order valence-corrected chi connectivity index (χ3v) is 5.25. The second kappa shape index (κ2) is 8.31. The Labute approximate surface area is 180 Å². The third kappa shape index (κ3) is 3.73. The normalized spacial score (nSPS) is 14.8. The summed E-state index contributed by atoms with van der Waals surface area (Å²) in [6.07, 6.45) is 0. The Morgan fingerprint density at radius 1 is 0.871 bits per heavy atom. The molecule has 31 heavy (non-hydrogen) atoms. The third-order valence-electron chi connectivity index (χ3n) is 5.25. The highest BCUT2D eigenvalue weighted by molar-refractivity contribution is 6.10. The summed E-state index contributed by atoms with van der Waals surface area (Å²) in [4.78, 5) is 40.7. The highest BCUT2D eigenvalue weighted by atomic mass is 16.2. The number of nitrogens with zero attached hydrogens (tertiary/aromatic N) is 2. The maximum absolute atomic E-state index is 13.5. The van der Waals surface area contributed by atoms with Gasteiger partial charge in [-0.3, -0.25) is 15.0 Å². The van der Waals surface area contributed by atoms with Gasteiger partial charge >= 0.3 is 6.03 Å². The van der Waals surface area contributed by atoms with Crippen LogP contribution in [0, 0.1) is 0 Å². The zero-order valence-corrected chi connectivity index (χ0v) is 17.0. The summed E-state index contributed by atoms with van der Waals surface area (Å²) in [7, 11) is 1.76. The number of benzene rings is 3. The first-order valence-corrected chi connectivity index (χ1v) is 9.86. The molecule has 0 unspecified atom stereocenters. The predicted molar refractivity (Wildman–Crippen MR) is 117 cm³/mol. The van der Waals surface area contributed by atoms with Crippen LogP contribution in [0.5, 0.6) is 0 Å². The number of hydrogen-bond donors (Lipinski definition) is 2. The molecule has 1 aliphatic heterocycles. The van der Waals surface area contributed by atoms with E-state index in [1.165, 1.54) is 0 Å². The Kier molecular flexibility index (Phi) is 5.41. The van der Waals surface area contributed by atoms with E-state index in [9.17, 15) is 14.4 Å². The molecule has 7 nitrogen and oxygen atoms in total. The van der Waals surface area contributed by atoms with E-state index < -0.39 is 23.4 Å². The molecule has 0 atom stereocenters. The SMILES string of the molecule is CN(CC(=O)NN1C(=O)NC(c2ccccc2)(c2ccccc2)C1=O)c1ccccc1. The van der Waals surface area contributed by atoms with Gasteiger partial charge in [0.15, 0.2) is 5.54 Å². The molecule has 1 saturated heterocycles. The van der Waals surface area contributed by atoms with Gasteiger partial charge in [0.25, 0.3) is 11.8 Å². The second-order valence-electron chi connectivity index (χ2n) is 7.28. The largest absolute Gasteiger partial charge is 0.365 e. The molecule has 4 rings (SSSR count). The minimum absolute atomic E-state index is 0.0231. The van der Waals surface area contributed by atoms with Gasteiger partial charge in [0, 0.05) is 12.7 Å². The fourth-order valence-corrected chi connectivity index (χ4v) is 3.71. The van der Waals surface area contributed by atoms with E-state index in [2.05, 4.69) is 10.7 Å². The Bertz CT molecular complexity index is 1050. The van der Waals surface area contributed by atoms with Gasteiger partial charge in [-0.05, 0) is 23.3 Å². The molecule has 0 saturated carbocycles. The molecule has 0 bridgehead atoms. The van der Waals surface area contributed by atoms with Gasteiger partial charge in [0.1, 0.15) is 0 Å². The molecule has 0 radical (unpaired) electrons. The van der Waals surface area contributed by atoms with E-state index in [4.69, 9.17) is 0 Å². The average Bonchev–Trinajstić information content (AvgIpc) is 3.06. The first-order chi connectivity index (χ1) is 15.0. The van der Waals surface area contributed by atoms with Gasteiger partial charge in [-0.2, -0.15) is 5.01 Å². The van der Waals surface area contributed by atoms with Crippen molar-refractivity contribution >= 4 is 23.5 Å². The van der Waals surface area contributed by atoms with Crippen LogP contribution in [-0.2, 0) is 15.1 Å². The molecular weight excluding hydrogens is 392 g/mol. The highest BCUT2D eigenvalue weighted by Crippen LogP contribution is 2.35. The fraction of sp³-hybridized carbons (Fsp3) is 0.125. The van der Waals surface area contributed by atoms with E-state index in [1.807, 2.05) is 42.5 Å². The van der Waals surface area contributed by atoms with Crippen LogP contribution in [-0.4, -0.2) is 36.4 Å². The van der Waals surface area contributed by atoms with Crippen molar-refractivity contribution in [2.24, 2.45) is 0 Å². The first-order valence-electron chi connectivity index (χ1n) is 9.86. The fourth-order valence-electron chi connectivity index (χ4n) is 3.71. The summed E-state index contributed by atoms with van der Waals surface area (Å²) in [5.74, 6) is -1.04. The van der Waals surface area contributed by atoms with Crippen LogP contribution in [0.15, 0.2) is 91.0 Å². The lowest BCUT2D eigenvalue weighted by atomic mass is 9.83. The molecule has 1 fully saturated rings. The van der Waals surface area contributed by atoms with E-state index >= 15 is 0 Å². The molecule has 3 aromatic rings. The Morgan fingerprint density at radius 3 is 1.87 bits per heavy atom. The molecule has 0 spiro atoms. The molecule has 7 heteroatoms. The molecule has 0 aromatic heterocycles. The number of rotatable bonds is 6. The number of carbonyl (C=O) groups excluding carboxylic acids is 3. The van der Waals surface area contributed by atoms with Crippen LogP contribution < -0.4 is 15.6 Å². The van der Waals surface area contributed by atoms with Crippen molar-refractivity contribution in [1.82, 2.24) is 15.8 Å².